The largest absolute Gasteiger partial charge is 0.394 e. The number of hydrogen-bond donors (Lipinski definition) is 2. The monoisotopic (exact) mass is 259 g/mol. The minimum absolute atomic E-state index is 0.137. The molecule has 0 radical (unpaired) electrons. The van der Waals surface area contributed by atoms with Crippen LogP contribution in [0.3, 0.4) is 0 Å². The van der Waals surface area contributed by atoms with Crippen LogP contribution in [0.2, 0.25) is 0 Å². The van der Waals surface area contributed by atoms with Gasteiger partial charge in [-0.1, -0.05) is 13.8 Å². The normalized spacial score (nSPS) is 37.2. The van der Waals surface area contributed by atoms with Gasteiger partial charge < -0.3 is 15.2 Å². The molecule has 0 saturated carbocycles. The number of thioether (sulfide) groups is 1. The Kier molecular flexibility index (Phi) is 4.40. The first-order valence-electron chi connectivity index (χ1n) is 6.65. The second kappa shape index (κ2) is 5.47. The van der Waals surface area contributed by atoms with E-state index in [4.69, 9.17) is 4.74 Å². The average Bonchev–Trinajstić information content (AvgIpc) is 2.81. The van der Waals surface area contributed by atoms with Crippen molar-refractivity contribution in [2.75, 3.05) is 31.3 Å². The lowest BCUT2D eigenvalue weighted by molar-refractivity contribution is 0.0390. The van der Waals surface area contributed by atoms with Crippen LogP contribution >= 0.6 is 11.8 Å². The second-order valence-corrected chi connectivity index (χ2v) is 7.05. The Labute approximate surface area is 109 Å². The minimum Gasteiger partial charge on any atom is -0.394 e. The number of aliphatic hydroxyl groups is 1. The van der Waals surface area contributed by atoms with Crippen molar-refractivity contribution in [3.63, 3.8) is 0 Å². The summed E-state index contributed by atoms with van der Waals surface area (Å²) in [6, 6.07) is 0. The number of hydrogen-bond acceptors (Lipinski definition) is 4. The van der Waals surface area contributed by atoms with Crippen LogP contribution < -0.4 is 5.32 Å². The van der Waals surface area contributed by atoms with E-state index in [1.807, 2.05) is 11.8 Å². The maximum Gasteiger partial charge on any atom is 0.0700 e. The summed E-state index contributed by atoms with van der Waals surface area (Å²) in [5.41, 5.74) is 0.0213. The highest BCUT2D eigenvalue weighted by atomic mass is 32.2. The van der Waals surface area contributed by atoms with Crippen molar-refractivity contribution in [3.8, 4) is 0 Å². The van der Waals surface area contributed by atoms with Gasteiger partial charge in [-0.15, -0.1) is 0 Å². The zero-order chi connectivity index (χ0) is 12.4. The molecule has 0 amide bonds. The van der Waals surface area contributed by atoms with E-state index >= 15 is 0 Å². The van der Waals surface area contributed by atoms with Gasteiger partial charge in [0.1, 0.15) is 0 Å². The van der Waals surface area contributed by atoms with Gasteiger partial charge in [0.2, 0.25) is 0 Å². The van der Waals surface area contributed by atoms with E-state index in [2.05, 4.69) is 19.2 Å². The molecule has 4 heteroatoms. The first-order valence-corrected chi connectivity index (χ1v) is 7.80. The molecule has 2 saturated heterocycles. The molecule has 2 N–H and O–H groups in total. The topological polar surface area (TPSA) is 41.5 Å². The summed E-state index contributed by atoms with van der Waals surface area (Å²) in [4.78, 5) is 0. The number of aliphatic hydroxyl groups excluding tert-OH is 1. The van der Waals surface area contributed by atoms with Crippen molar-refractivity contribution in [1.82, 2.24) is 5.32 Å². The molecule has 0 spiro atoms. The summed E-state index contributed by atoms with van der Waals surface area (Å²) < 4.78 is 5.65. The van der Waals surface area contributed by atoms with E-state index in [0.717, 1.165) is 31.7 Å². The van der Waals surface area contributed by atoms with E-state index in [1.165, 1.54) is 12.2 Å². The Morgan fingerprint density at radius 1 is 1.47 bits per heavy atom. The van der Waals surface area contributed by atoms with Crippen LogP contribution in [-0.2, 0) is 4.74 Å². The van der Waals surface area contributed by atoms with Crippen LogP contribution in [0.5, 0.6) is 0 Å². The molecule has 3 nitrogen and oxygen atoms in total. The van der Waals surface area contributed by atoms with Gasteiger partial charge in [0.15, 0.2) is 0 Å². The maximum absolute atomic E-state index is 9.83. The van der Waals surface area contributed by atoms with Crippen molar-refractivity contribution < 1.29 is 9.84 Å². The molecule has 2 unspecified atom stereocenters. The molecular weight excluding hydrogens is 234 g/mol. The quantitative estimate of drug-likeness (QED) is 0.805. The third kappa shape index (κ3) is 2.80. The van der Waals surface area contributed by atoms with Gasteiger partial charge in [0.05, 0.1) is 18.2 Å². The molecule has 2 fully saturated rings. The Hall–Kier alpha value is 0.230. The smallest absolute Gasteiger partial charge is 0.0700 e. The zero-order valence-electron chi connectivity index (χ0n) is 11.0. The lowest BCUT2D eigenvalue weighted by Crippen LogP contribution is -2.63. The molecule has 2 heterocycles. The molecule has 2 atom stereocenters. The van der Waals surface area contributed by atoms with Crippen LogP contribution in [0.1, 0.15) is 33.1 Å². The minimum atomic E-state index is -0.137. The Morgan fingerprint density at radius 2 is 2.29 bits per heavy atom. The van der Waals surface area contributed by atoms with Crippen LogP contribution in [0.25, 0.3) is 0 Å². The molecule has 0 aliphatic carbocycles. The summed E-state index contributed by atoms with van der Waals surface area (Å²) in [5, 5.41) is 13.5. The van der Waals surface area contributed by atoms with E-state index < -0.39 is 0 Å². The molecule has 2 aliphatic rings. The summed E-state index contributed by atoms with van der Waals surface area (Å²) in [6.07, 6.45) is 3.84. The van der Waals surface area contributed by atoms with Crippen molar-refractivity contribution >= 4 is 11.8 Å². The molecule has 0 aromatic carbocycles. The molecule has 17 heavy (non-hydrogen) atoms. The van der Waals surface area contributed by atoms with Crippen LogP contribution in [0, 0.1) is 5.41 Å². The van der Waals surface area contributed by atoms with Gasteiger partial charge in [-0.3, -0.25) is 0 Å². The Bertz CT molecular complexity index is 254. The van der Waals surface area contributed by atoms with E-state index in [-0.39, 0.29) is 17.6 Å². The summed E-state index contributed by atoms with van der Waals surface area (Å²) in [5.74, 6) is 2.21. The zero-order valence-corrected chi connectivity index (χ0v) is 11.8. The van der Waals surface area contributed by atoms with E-state index in [1.54, 1.807) is 0 Å². The highest BCUT2D eigenvalue weighted by Crippen LogP contribution is 2.42. The third-order valence-corrected chi connectivity index (χ3v) is 5.67. The number of rotatable bonds is 4. The summed E-state index contributed by atoms with van der Waals surface area (Å²) in [7, 11) is 0. The van der Waals surface area contributed by atoms with Crippen molar-refractivity contribution in [3.05, 3.63) is 0 Å². The average molecular weight is 259 g/mol. The third-order valence-electron chi connectivity index (χ3n) is 4.48. The fourth-order valence-corrected chi connectivity index (χ4v) is 4.46. The molecule has 0 aromatic heterocycles. The SMILES string of the molecule is CC1(C)CCSCC1(CO)NCC1CCCO1. The lowest BCUT2D eigenvalue weighted by Gasteiger charge is -2.50. The fraction of sp³-hybridized carbons (Fsp3) is 1.00. The van der Waals surface area contributed by atoms with Crippen molar-refractivity contribution in [1.29, 1.82) is 0 Å². The van der Waals surface area contributed by atoms with Gasteiger partial charge >= 0.3 is 0 Å². The second-order valence-electron chi connectivity index (χ2n) is 5.94. The summed E-state index contributed by atoms with van der Waals surface area (Å²) >= 11 is 1.95. The molecular formula is C13H25NO2S. The maximum atomic E-state index is 9.83. The Balaban J connectivity index is 1.96. The Morgan fingerprint density at radius 3 is 2.88 bits per heavy atom. The fourth-order valence-electron chi connectivity index (χ4n) is 2.73. The number of ether oxygens (including phenoxy) is 1. The van der Waals surface area contributed by atoms with Crippen LogP contribution in [0.4, 0.5) is 0 Å². The van der Waals surface area contributed by atoms with Crippen molar-refractivity contribution in [2.24, 2.45) is 5.41 Å². The van der Waals surface area contributed by atoms with Crippen LogP contribution in [0.15, 0.2) is 0 Å². The van der Waals surface area contributed by atoms with Crippen LogP contribution in [-0.4, -0.2) is 48.0 Å². The predicted molar refractivity (Wildman–Crippen MR) is 72.5 cm³/mol. The van der Waals surface area contributed by atoms with Gasteiger partial charge in [-0.2, -0.15) is 11.8 Å². The number of nitrogens with one attached hydrogen (secondary N) is 1. The molecule has 2 rings (SSSR count). The molecule has 0 aromatic rings. The molecule has 2 aliphatic heterocycles. The van der Waals surface area contributed by atoms with E-state index in [9.17, 15) is 5.11 Å². The van der Waals surface area contributed by atoms with Gasteiger partial charge in [-0.25, -0.2) is 0 Å². The van der Waals surface area contributed by atoms with Gasteiger partial charge in [-0.05, 0) is 30.4 Å². The first kappa shape index (κ1) is 13.7. The standard InChI is InChI=1S/C13H25NO2S/c1-12(2)5-7-17-10-13(12,9-15)14-8-11-4-3-6-16-11/h11,14-15H,3-10H2,1-2H3. The van der Waals surface area contributed by atoms with E-state index in [0.29, 0.717) is 6.10 Å². The lowest BCUT2D eigenvalue weighted by atomic mass is 9.71. The van der Waals surface area contributed by atoms with Gasteiger partial charge in [0, 0.05) is 18.9 Å². The highest BCUT2D eigenvalue weighted by molar-refractivity contribution is 7.99. The predicted octanol–water partition coefficient (Wildman–Crippen LogP) is 1.65. The summed E-state index contributed by atoms with van der Waals surface area (Å²) in [6.45, 7) is 6.54. The molecule has 0 bridgehead atoms. The highest BCUT2D eigenvalue weighted by Gasteiger charge is 2.46. The molecule has 100 valence electrons. The van der Waals surface area contributed by atoms with Gasteiger partial charge in [0.25, 0.3) is 0 Å². The first-order chi connectivity index (χ1) is 8.10. The van der Waals surface area contributed by atoms with Crippen molar-refractivity contribution in [2.45, 2.75) is 44.8 Å².